The third-order valence-corrected chi connectivity index (χ3v) is 11.6. The molecule has 0 saturated heterocycles. The van der Waals surface area contributed by atoms with Crippen molar-refractivity contribution >= 4 is 13.8 Å². The molecular weight excluding hydrogens is 830 g/mol. The molecule has 0 aliphatic heterocycles. The number of hydrogen-bond acceptors (Lipinski definition) is 6. The van der Waals surface area contributed by atoms with E-state index in [1.54, 1.807) is 0 Å². The van der Waals surface area contributed by atoms with Gasteiger partial charge in [0.05, 0.1) is 34.4 Å². The van der Waals surface area contributed by atoms with Crippen molar-refractivity contribution in [2.75, 3.05) is 54.1 Å². The Labute approximate surface area is 400 Å². The van der Waals surface area contributed by atoms with E-state index in [1.165, 1.54) is 89.9 Å². The SMILES string of the molecule is CC/C=C\C/C=C\C/C=C\C/C=C\C/C=C\CCCCOCC(COP(=O)(O)OCC[N+](C)(C)C)OC(=O)CCCCCCCCCCCC/C=C\C/C=C\C/C=C\CCCCCCC. The minimum absolute atomic E-state index is 0.0739. The number of nitrogens with zero attached hydrogens (tertiary/aromatic N) is 1. The predicted octanol–water partition coefficient (Wildman–Crippen LogP) is 16.2. The summed E-state index contributed by atoms with van der Waals surface area (Å²) in [4.78, 5) is 23.0. The second kappa shape index (κ2) is 47.9. The molecular formula is C56H99NO7P+. The molecule has 8 nitrogen and oxygen atoms in total. The molecule has 0 rings (SSSR count). The lowest BCUT2D eigenvalue weighted by atomic mass is 10.0. The third-order valence-electron chi connectivity index (χ3n) is 10.6. The summed E-state index contributed by atoms with van der Waals surface area (Å²) in [7, 11) is 1.62. The van der Waals surface area contributed by atoms with Gasteiger partial charge in [0.1, 0.15) is 19.3 Å². The number of allylic oxidation sites excluding steroid dienone is 16. The molecule has 2 unspecified atom stereocenters. The fourth-order valence-corrected chi connectivity index (χ4v) is 7.39. The molecule has 0 heterocycles. The fraction of sp³-hybridized carbons (Fsp3) is 0.696. The molecule has 0 amide bonds. The topological polar surface area (TPSA) is 91.3 Å². The van der Waals surface area contributed by atoms with Gasteiger partial charge in [0.25, 0.3) is 0 Å². The van der Waals surface area contributed by atoms with Crippen molar-refractivity contribution in [1.29, 1.82) is 0 Å². The highest BCUT2D eigenvalue weighted by Gasteiger charge is 2.26. The summed E-state index contributed by atoms with van der Waals surface area (Å²) in [6.07, 6.45) is 66.1. The lowest BCUT2D eigenvalue weighted by molar-refractivity contribution is -0.870. The number of phosphoric acid groups is 1. The molecule has 65 heavy (non-hydrogen) atoms. The quantitative estimate of drug-likeness (QED) is 0.0214. The number of hydrogen-bond donors (Lipinski definition) is 1. The van der Waals surface area contributed by atoms with Gasteiger partial charge in [0, 0.05) is 13.0 Å². The molecule has 0 saturated carbocycles. The highest BCUT2D eigenvalue weighted by Crippen LogP contribution is 2.43. The lowest BCUT2D eigenvalue weighted by Gasteiger charge is -2.24. The van der Waals surface area contributed by atoms with Crippen molar-refractivity contribution in [3.05, 3.63) is 97.2 Å². The molecule has 0 aromatic heterocycles. The van der Waals surface area contributed by atoms with Crippen molar-refractivity contribution in [2.45, 2.75) is 200 Å². The van der Waals surface area contributed by atoms with Gasteiger partial charge < -0.3 is 18.9 Å². The number of carbonyl (C=O) groups excluding carboxylic acids is 1. The van der Waals surface area contributed by atoms with Crippen LogP contribution in [0, 0.1) is 0 Å². The molecule has 374 valence electrons. The fourth-order valence-electron chi connectivity index (χ4n) is 6.64. The molecule has 0 aromatic carbocycles. The van der Waals surface area contributed by atoms with Crippen LogP contribution in [0.1, 0.15) is 194 Å². The Morgan fingerprint density at radius 1 is 0.492 bits per heavy atom. The van der Waals surface area contributed by atoms with E-state index < -0.39 is 13.9 Å². The van der Waals surface area contributed by atoms with Crippen LogP contribution in [0.5, 0.6) is 0 Å². The first-order chi connectivity index (χ1) is 31.6. The van der Waals surface area contributed by atoms with E-state index in [0.29, 0.717) is 24.1 Å². The summed E-state index contributed by atoms with van der Waals surface area (Å²) in [6.45, 7) is 5.37. The van der Waals surface area contributed by atoms with E-state index in [0.717, 1.165) is 83.5 Å². The van der Waals surface area contributed by atoms with Crippen LogP contribution in [0.4, 0.5) is 0 Å². The number of phosphoric ester groups is 1. The lowest BCUT2D eigenvalue weighted by Crippen LogP contribution is -2.37. The van der Waals surface area contributed by atoms with Crippen LogP contribution in [0.15, 0.2) is 97.2 Å². The minimum Gasteiger partial charge on any atom is -0.457 e. The number of rotatable bonds is 47. The van der Waals surface area contributed by atoms with Gasteiger partial charge in [0.15, 0.2) is 0 Å². The maximum absolute atomic E-state index is 12.8. The van der Waals surface area contributed by atoms with Crippen LogP contribution in [0.25, 0.3) is 0 Å². The monoisotopic (exact) mass is 929 g/mol. The maximum Gasteiger partial charge on any atom is 0.472 e. The molecule has 0 fully saturated rings. The summed E-state index contributed by atoms with van der Waals surface area (Å²) in [6, 6.07) is 0. The summed E-state index contributed by atoms with van der Waals surface area (Å²) >= 11 is 0. The van der Waals surface area contributed by atoms with Crippen LogP contribution in [-0.2, 0) is 27.9 Å². The van der Waals surface area contributed by atoms with Crippen molar-refractivity contribution in [3.63, 3.8) is 0 Å². The summed E-state index contributed by atoms with van der Waals surface area (Å²) < 4.78 is 35.1. The van der Waals surface area contributed by atoms with Gasteiger partial charge in [-0.3, -0.25) is 13.8 Å². The number of unbranched alkanes of at least 4 members (excludes halogenated alkanes) is 17. The van der Waals surface area contributed by atoms with Crippen LogP contribution in [-0.4, -0.2) is 75.6 Å². The Balaban J connectivity index is 4.22. The molecule has 0 aromatic rings. The van der Waals surface area contributed by atoms with E-state index in [-0.39, 0.29) is 25.8 Å². The number of esters is 1. The smallest absolute Gasteiger partial charge is 0.457 e. The number of likely N-dealkylation sites (N-methyl/N-ethyl adjacent to an activating group) is 1. The second-order valence-corrected chi connectivity index (χ2v) is 19.6. The number of carbonyl (C=O) groups is 1. The first kappa shape index (κ1) is 62.4. The molecule has 0 aliphatic carbocycles. The molecule has 0 radical (unpaired) electrons. The third kappa shape index (κ3) is 52.3. The van der Waals surface area contributed by atoms with Crippen molar-refractivity contribution < 1.29 is 37.3 Å². The number of ether oxygens (including phenoxy) is 2. The Bertz CT molecular complexity index is 1360. The van der Waals surface area contributed by atoms with Crippen LogP contribution < -0.4 is 0 Å². The molecule has 9 heteroatoms. The standard InChI is InChI=1S/C56H98NO7P/c1-6-8-10-12-14-16-18-20-22-24-26-27-28-29-30-31-32-33-35-37-39-41-43-45-47-49-56(58)64-55(54-63-65(59,60)62-52-50-57(3,4)5)53-61-51-48-46-44-42-40-38-36-34-25-23-21-19-17-15-13-11-9-7-2/h9,11,15,17-18,20-21,23-24,26,28-29,34,36,40,42,55H,6-8,10,12-14,16,19,22,25,27,30-33,35,37-39,41,43-54H2,1-5H3/p+1/b11-9-,17-15-,20-18-,23-21-,26-24-,29-28-,36-34-,42-40-. The zero-order chi connectivity index (χ0) is 47.6. The zero-order valence-electron chi connectivity index (χ0n) is 42.4. The maximum atomic E-state index is 12.8. The Kier molecular flexibility index (Phi) is 46.0. The van der Waals surface area contributed by atoms with Crippen LogP contribution >= 0.6 is 7.82 Å². The summed E-state index contributed by atoms with van der Waals surface area (Å²) in [5.74, 6) is -0.336. The number of quaternary nitrogens is 1. The van der Waals surface area contributed by atoms with E-state index in [4.69, 9.17) is 18.5 Å². The van der Waals surface area contributed by atoms with E-state index in [9.17, 15) is 14.3 Å². The second-order valence-electron chi connectivity index (χ2n) is 18.2. The zero-order valence-corrected chi connectivity index (χ0v) is 43.3. The van der Waals surface area contributed by atoms with Gasteiger partial charge >= 0.3 is 13.8 Å². The van der Waals surface area contributed by atoms with E-state index in [1.807, 2.05) is 21.1 Å². The Morgan fingerprint density at radius 2 is 0.892 bits per heavy atom. The van der Waals surface area contributed by atoms with Gasteiger partial charge in [-0.15, -0.1) is 0 Å². The highest BCUT2D eigenvalue weighted by atomic mass is 31.2. The van der Waals surface area contributed by atoms with Crippen molar-refractivity contribution in [1.82, 2.24) is 0 Å². The van der Waals surface area contributed by atoms with Gasteiger partial charge in [-0.1, -0.05) is 188 Å². The molecule has 0 aliphatic rings. The van der Waals surface area contributed by atoms with Crippen molar-refractivity contribution in [2.24, 2.45) is 0 Å². The molecule has 0 spiro atoms. The first-order valence-electron chi connectivity index (χ1n) is 26.0. The Morgan fingerprint density at radius 3 is 1.34 bits per heavy atom. The highest BCUT2D eigenvalue weighted by molar-refractivity contribution is 7.47. The molecule has 0 bridgehead atoms. The van der Waals surface area contributed by atoms with E-state index >= 15 is 0 Å². The van der Waals surface area contributed by atoms with Crippen LogP contribution in [0.2, 0.25) is 0 Å². The Hall–Kier alpha value is -2.58. The van der Waals surface area contributed by atoms with Crippen LogP contribution in [0.3, 0.4) is 0 Å². The normalized spacial score (nSPS) is 14.4. The largest absolute Gasteiger partial charge is 0.472 e. The van der Waals surface area contributed by atoms with Gasteiger partial charge in [-0.2, -0.15) is 0 Å². The van der Waals surface area contributed by atoms with Crippen molar-refractivity contribution in [3.8, 4) is 0 Å². The average Bonchev–Trinajstić information content (AvgIpc) is 3.27. The van der Waals surface area contributed by atoms with Gasteiger partial charge in [0.2, 0.25) is 0 Å². The summed E-state index contributed by atoms with van der Waals surface area (Å²) in [5, 5.41) is 0. The van der Waals surface area contributed by atoms with Gasteiger partial charge in [-0.25, -0.2) is 4.57 Å². The summed E-state index contributed by atoms with van der Waals surface area (Å²) in [5.41, 5.74) is 0. The first-order valence-corrected chi connectivity index (χ1v) is 27.5. The van der Waals surface area contributed by atoms with E-state index in [2.05, 4.69) is 111 Å². The molecule has 2 atom stereocenters. The minimum atomic E-state index is -4.30. The molecule has 1 N–H and O–H groups in total. The van der Waals surface area contributed by atoms with Gasteiger partial charge in [-0.05, 0) is 96.3 Å². The predicted molar refractivity (Wildman–Crippen MR) is 279 cm³/mol. The average molecular weight is 929 g/mol.